The van der Waals surface area contributed by atoms with Crippen molar-refractivity contribution in [3.8, 4) is 0 Å². The van der Waals surface area contributed by atoms with E-state index in [9.17, 15) is 9.59 Å². The first-order valence-corrected chi connectivity index (χ1v) is 8.93. The Morgan fingerprint density at radius 2 is 1.52 bits per heavy atom. The summed E-state index contributed by atoms with van der Waals surface area (Å²) in [5, 5.41) is 0.757. The maximum absolute atomic E-state index is 12.0. The molecule has 25 heavy (non-hydrogen) atoms. The van der Waals surface area contributed by atoms with Crippen molar-refractivity contribution in [2.75, 3.05) is 0 Å². The molecule has 1 aromatic carbocycles. The maximum Gasteiger partial charge on any atom is 0.0406 e. The molecule has 2 heterocycles. The molecule has 3 aromatic rings. The Hall–Kier alpha value is -1.69. The zero-order valence-corrected chi connectivity index (χ0v) is 17.4. The van der Waals surface area contributed by atoms with Crippen LogP contribution in [0.2, 0.25) is 5.02 Å². The standard InChI is InChI=1S/C9H12N4O2.C7H8ClN.Pt/c1-10-5-11(2)7-6(10)8(14)13(4)9(15)12(7)3;8-7-3-1-6(5-9)2-4-7;/h1-4H3;1-4H,5,9H2;. The van der Waals surface area contributed by atoms with Gasteiger partial charge in [-0.3, -0.25) is 0 Å². The monoisotopic (exact) mass is 544 g/mol. The van der Waals surface area contributed by atoms with Crippen molar-refractivity contribution >= 4 is 22.8 Å². The Balaban J connectivity index is 0.000000212. The van der Waals surface area contributed by atoms with Crippen LogP contribution in [0.5, 0.6) is 0 Å². The van der Waals surface area contributed by atoms with E-state index in [4.69, 9.17) is 17.3 Å². The van der Waals surface area contributed by atoms with Crippen LogP contribution in [0.15, 0.2) is 33.9 Å². The van der Waals surface area contributed by atoms with Crippen molar-refractivity contribution in [2.45, 2.75) is 6.54 Å². The topological polar surface area (TPSA) is 79.9 Å². The molecule has 0 saturated carbocycles. The zero-order valence-electron chi connectivity index (χ0n) is 14.4. The van der Waals surface area contributed by atoms with Crippen molar-refractivity contribution in [1.29, 1.82) is 0 Å². The van der Waals surface area contributed by atoms with Gasteiger partial charge in [0, 0.05) is 11.6 Å². The Labute approximate surface area is 160 Å². The second-order valence-electron chi connectivity index (χ2n) is 5.57. The quantitative estimate of drug-likeness (QED) is 0.492. The van der Waals surface area contributed by atoms with Gasteiger partial charge in [0.1, 0.15) is 0 Å². The summed E-state index contributed by atoms with van der Waals surface area (Å²) in [7, 11) is 6.81. The van der Waals surface area contributed by atoms with E-state index < -0.39 is 0 Å². The molecular weight excluding hydrogens is 525 g/mol. The fraction of sp³-hybridized carbons (Fsp3) is 0.312. The number of hydrogen-bond acceptors (Lipinski definition) is 3. The first-order chi connectivity index (χ1) is 11.7. The molecule has 0 saturated heterocycles. The van der Waals surface area contributed by atoms with Crippen molar-refractivity contribution < 1.29 is 19.4 Å². The number of nitrogens with zero attached hydrogens (tertiary/aromatic N) is 4. The number of nitrogens with two attached hydrogens (primary N) is 1. The number of hydrogen-bond donors (Lipinski definition) is 1. The fourth-order valence-electron chi connectivity index (χ4n) is 2.50. The summed E-state index contributed by atoms with van der Waals surface area (Å²) in [6.07, 6.45) is 0. The first kappa shape index (κ1) is 19.6. The van der Waals surface area contributed by atoms with Gasteiger partial charge in [-0.15, -0.1) is 0 Å². The summed E-state index contributed by atoms with van der Waals surface area (Å²) < 4.78 is 7.13. The second kappa shape index (κ2) is 7.68. The van der Waals surface area contributed by atoms with Crippen molar-refractivity contribution in [3.05, 3.63) is 59.5 Å². The number of aromatic nitrogens is 4. The van der Waals surface area contributed by atoms with Crippen LogP contribution in [0.1, 0.15) is 5.56 Å². The summed E-state index contributed by atoms with van der Waals surface area (Å²) in [6.45, 7) is 0.581. The molecule has 0 spiro atoms. The van der Waals surface area contributed by atoms with E-state index in [-0.39, 0.29) is 11.2 Å². The molecular formula is C16H20ClN5O2Pt. The van der Waals surface area contributed by atoms with Crippen LogP contribution in [0.3, 0.4) is 0 Å². The Bertz CT molecular complexity index is 1090. The fourth-order valence-corrected chi connectivity index (χ4v) is 3.13. The molecule has 2 aromatic heterocycles. The maximum atomic E-state index is 12.0. The molecule has 0 bridgehead atoms. The SMILES string of the molecule is Cn1c(=O)c2c(n(C)c1=O)n(C)[c](=[Pt])n2C.NCc1ccc(Cl)cc1. The van der Waals surface area contributed by atoms with E-state index in [1.807, 2.05) is 42.9 Å². The third-order valence-corrected chi connectivity index (χ3v) is 5.70. The zero-order chi connectivity index (χ0) is 18.9. The largest absolute Gasteiger partial charge is 0.326 e. The molecule has 0 amide bonds. The van der Waals surface area contributed by atoms with Gasteiger partial charge in [0.05, 0.1) is 0 Å². The number of halogens is 1. The van der Waals surface area contributed by atoms with Crippen LogP contribution in [0.4, 0.5) is 0 Å². The molecule has 0 aliphatic rings. The van der Waals surface area contributed by atoms with E-state index >= 15 is 0 Å². The molecule has 2 N–H and O–H groups in total. The number of benzene rings is 1. The van der Waals surface area contributed by atoms with Gasteiger partial charge in [0.15, 0.2) is 0 Å². The smallest absolute Gasteiger partial charge is 0.0406 e. The van der Waals surface area contributed by atoms with Crippen LogP contribution in [-0.2, 0) is 54.1 Å². The van der Waals surface area contributed by atoms with E-state index in [0.717, 1.165) is 19.0 Å². The Kier molecular flexibility index (Phi) is 6.03. The second-order valence-corrected chi connectivity index (χ2v) is 7.02. The molecule has 3 rings (SSSR count). The minimum absolute atomic E-state index is 0.264. The predicted molar refractivity (Wildman–Crippen MR) is 95.0 cm³/mol. The third kappa shape index (κ3) is 3.64. The van der Waals surface area contributed by atoms with Gasteiger partial charge < -0.3 is 5.73 Å². The summed E-state index contributed by atoms with van der Waals surface area (Å²) >= 11 is 7.75. The third-order valence-electron chi connectivity index (χ3n) is 3.92. The summed E-state index contributed by atoms with van der Waals surface area (Å²) in [4.78, 5) is 23.8. The van der Waals surface area contributed by atoms with Crippen molar-refractivity contribution in [1.82, 2.24) is 18.3 Å². The van der Waals surface area contributed by atoms with Crippen molar-refractivity contribution in [2.24, 2.45) is 33.9 Å². The van der Waals surface area contributed by atoms with Crippen LogP contribution in [-0.4, -0.2) is 18.3 Å². The van der Waals surface area contributed by atoms with Gasteiger partial charge in [-0.05, 0) is 17.7 Å². The van der Waals surface area contributed by atoms with Crippen molar-refractivity contribution in [3.63, 3.8) is 0 Å². The van der Waals surface area contributed by atoms with Crippen LogP contribution < -0.4 is 17.0 Å². The molecule has 138 valence electrons. The molecule has 0 atom stereocenters. The van der Waals surface area contributed by atoms with Gasteiger partial charge >= 0.3 is 102 Å². The number of rotatable bonds is 1. The van der Waals surface area contributed by atoms with Gasteiger partial charge in [-0.1, -0.05) is 23.7 Å². The van der Waals surface area contributed by atoms with Crippen LogP contribution >= 0.6 is 11.6 Å². The van der Waals surface area contributed by atoms with Gasteiger partial charge in [-0.2, -0.15) is 0 Å². The van der Waals surface area contributed by atoms with Crippen LogP contribution in [0.25, 0.3) is 11.2 Å². The molecule has 0 aliphatic heterocycles. The van der Waals surface area contributed by atoms with E-state index in [1.165, 1.54) is 11.6 Å². The summed E-state index contributed by atoms with van der Waals surface area (Å²) in [5.41, 5.74) is 7.07. The average Bonchev–Trinajstić information content (AvgIpc) is 2.83. The van der Waals surface area contributed by atoms with Gasteiger partial charge in [0.25, 0.3) is 0 Å². The molecule has 9 heteroatoms. The predicted octanol–water partition coefficient (Wildman–Crippen LogP) is 0.792. The van der Waals surface area contributed by atoms with E-state index in [0.29, 0.717) is 17.7 Å². The molecule has 0 unspecified atom stereocenters. The van der Waals surface area contributed by atoms with Gasteiger partial charge in [-0.25, -0.2) is 0 Å². The first-order valence-electron chi connectivity index (χ1n) is 7.42. The van der Waals surface area contributed by atoms with E-state index in [2.05, 4.69) is 19.4 Å². The summed E-state index contributed by atoms with van der Waals surface area (Å²) in [6, 6.07) is 7.51. The van der Waals surface area contributed by atoms with Crippen LogP contribution in [0, 0.1) is 3.80 Å². The average molecular weight is 545 g/mol. The molecule has 0 radical (unpaired) electrons. The number of aryl methyl sites for hydroxylation is 3. The number of fused-ring (bicyclic) bond motifs is 1. The minimum Gasteiger partial charge on any atom is -0.326 e. The molecule has 0 aliphatic carbocycles. The molecule has 7 nitrogen and oxygen atoms in total. The normalized spacial score (nSPS) is 10.7. The number of imidazole rings is 1. The minimum atomic E-state index is -0.310. The Morgan fingerprint density at radius 1 is 0.960 bits per heavy atom. The Morgan fingerprint density at radius 3 is 2.04 bits per heavy atom. The van der Waals surface area contributed by atoms with Gasteiger partial charge in [0.2, 0.25) is 0 Å². The molecule has 0 fully saturated rings. The summed E-state index contributed by atoms with van der Waals surface area (Å²) in [5.74, 6) is 0. The van der Waals surface area contributed by atoms with E-state index in [1.54, 1.807) is 11.6 Å².